The summed E-state index contributed by atoms with van der Waals surface area (Å²) >= 11 is 1.22. The summed E-state index contributed by atoms with van der Waals surface area (Å²) < 4.78 is 5.30. The van der Waals surface area contributed by atoms with E-state index in [1.54, 1.807) is 5.38 Å². The summed E-state index contributed by atoms with van der Waals surface area (Å²) in [6.07, 6.45) is 0.0184. The molecular weight excluding hydrogens is 446 g/mol. The van der Waals surface area contributed by atoms with Crippen LogP contribution in [0.4, 0.5) is 4.79 Å². The first-order chi connectivity index (χ1) is 15.7. The molecule has 0 aliphatic carbocycles. The molecule has 0 aliphatic heterocycles. The fraction of sp³-hybridized carbons (Fsp3) is 0.409. The lowest BCUT2D eigenvalue weighted by Gasteiger charge is -2.18. The molecule has 1 heterocycles. The second kappa shape index (κ2) is 12.5. The largest absolute Gasteiger partial charge is 0.445 e. The molecule has 2 rings (SSSR count). The zero-order chi connectivity index (χ0) is 24.4. The number of carbonyl (C=O) groups is 4. The summed E-state index contributed by atoms with van der Waals surface area (Å²) in [4.78, 5) is 51.9. The van der Waals surface area contributed by atoms with Gasteiger partial charge >= 0.3 is 6.09 Å². The van der Waals surface area contributed by atoms with E-state index in [0.717, 1.165) is 5.56 Å². The maximum atomic E-state index is 12.4. The Bertz CT molecular complexity index is 963. The van der Waals surface area contributed by atoms with Crippen molar-refractivity contribution in [1.82, 2.24) is 26.5 Å². The average Bonchev–Trinajstić information content (AvgIpc) is 3.25. The molecule has 11 heteroatoms. The normalized spacial score (nSPS) is 12.4. The van der Waals surface area contributed by atoms with Crippen LogP contribution in [-0.2, 0) is 20.9 Å². The van der Waals surface area contributed by atoms with Crippen molar-refractivity contribution in [2.45, 2.75) is 52.8 Å². The van der Waals surface area contributed by atoms with Gasteiger partial charge in [0.05, 0.1) is 6.04 Å². The molecule has 0 fully saturated rings. The van der Waals surface area contributed by atoms with Crippen molar-refractivity contribution in [2.75, 3.05) is 0 Å². The number of nitrogens with zero attached hydrogens (tertiary/aromatic N) is 1. The van der Waals surface area contributed by atoms with Crippen LogP contribution < -0.4 is 21.5 Å². The van der Waals surface area contributed by atoms with Crippen LogP contribution in [0, 0.1) is 5.92 Å². The third kappa shape index (κ3) is 8.89. The SMILES string of the molecule is CC(=O)N[C@@H](C)C(=O)NNC(=O)c1csc(C(CC(C)C)NC(=O)OCc2ccccc2)n1. The van der Waals surface area contributed by atoms with Crippen LogP contribution in [0.25, 0.3) is 0 Å². The molecular formula is C22H29N5O5S. The van der Waals surface area contributed by atoms with Gasteiger partial charge in [0.1, 0.15) is 23.4 Å². The number of benzene rings is 1. The summed E-state index contributed by atoms with van der Waals surface area (Å²) in [6, 6.07) is 8.09. The molecule has 1 unspecified atom stereocenters. The Kier molecular flexibility index (Phi) is 9.80. The molecule has 1 aromatic carbocycles. The average molecular weight is 476 g/mol. The number of thiazole rings is 1. The Morgan fingerprint density at radius 1 is 1.03 bits per heavy atom. The number of ether oxygens (including phenoxy) is 1. The molecule has 4 amide bonds. The number of alkyl carbamates (subject to hydrolysis) is 1. The summed E-state index contributed by atoms with van der Waals surface area (Å²) in [5.74, 6) is -1.30. The Balaban J connectivity index is 1.95. The number of hydrazine groups is 1. The Morgan fingerprint density at radius 2 is 1.73 bits per heavy atom. The second-order valence-corrected chi connectivity index (χ2v) is 8.71. The van der Waals surface area contributed by atoms with Crippen molar-refractivity contribution in [3.05, 3.63) is 52.0 Å². The first-order valence-electron chi connectivity index (χ1n) is 10.5. The van der Waals surface area contributed by atoms with E-state index in [-0.39, 0.29) is 24.1 Å². The first kappa shape index (κ1) is 25.8. The monoisotopic (exact) mass is 475 g/mol. The van der Waals surface area contributed by atoms with Gasteiger partial charge in [0, 0.05) is 12.3 Å². The van der Waals surface area contributed by atoms with Crippen LogP contribution in [-0.4, -0.2) is 34.8 Å². The summed E-state index contributed by atoms with van der Waals surface area (Å²) in [6.45, 7) is 6.94. The standard InChI is InChI=1S/C22H29N5O5S/c1-13(2)10-17(25-22(31)32-11-16-8-6-5-7-9-16)21-24-18(12-33-21)20(30)27-26-19(29)14(3)23-15(4)28/h5-9,12-14,17H,10-11H2,1-4H3,(H,23,28)(H,25,31)(H,26,29)(H,27,30)/t14-,17?/m0/s1. The highest BCUT2D eigenvalue weighted by atomic mass is 32.1. The van der Waals surface area contributed by atoms with E-state index in [1.807, 2.05) is 44.2 Å². The molecule has 0 radical (unpaired) electrons. The van der Waals surface area contributed by atoms with Crippen molar-refractivity contribution in [3.8, 4) is 0 Å². The van der Waals surface area contributed by atoms with Gasteiger partial charge in [-0.1, -0.05) is 44.2 Å². The van der Waals surface area contributed by atoms with E-state index in [4.69, 9.17) is 4.74 Å². The van der Waals surface area contributed by atoms with Gasteiger partial charge in [-0.15, -0.1) is 11.3 Å². The smallest absolute Gasteiger partial charge is 0.408 e. The highest BCUT2D eigenvalue weighted by molar-refractivity contribution is 7.09. The van der Waals surface area contributed by atoms with Gasteiger partial charge in [-0.3, -0.25) is 25.2 Å². The van der Waals surface area contributed by atoms with Crippen molar-refractivity contribution in [3.63, 3.8) is 0 Å². The summed E-state index contributed by atoms with van der Waals surface area (Å²) in [5.41, 5.74) is 5.48. The molecule has 0 aliphatic rings. The van der Waals surface area contributed by atoms with Crippen LogP contribution in [0.3, 0.4) is 0 Å². The zero-order valence-corrected chi connectivity index (χ0v) is 19.8. The van der Waals surface area contributed by atoms with Gasteiger partial charge in [-0.25, -0.2) is 9.78 Å². The maximum absolute atomic E-state index is 12.4. The zero-order valence-electron chi connectivity index (χ0n) is 19.0. The van der Waals surface area contributed by atoms with Crippen molar-refractivity contribution in [1.29, 1.82) is 0 Å². The minimum absolute atomic E-state index is 0.0932. The maximum Gasteiger partial charge on any atom is 0.408 e. The van der Waals surface area contributed by atoms with Crippen LogP contribution in [0.2, 0.25) is 0 Å². The van der Waals surface area contributed by atoms with Crippen LogP contribution >= 0.6 is 11.3 Å². The molecule has 10 nitrogen and oxygen atoms in total. The topological polar surface area (TPSA) is 139 Å². The number of rotatable bonds is 9. The highest BCUT2D eigenvalue weighted by Gasteiger charge is 2.22. The lowest BCUT2D eigenvalue weighted by atomic mass is 10.0. The Labute approximate surface area is 196 Å². The third-order valence-corrected chi connectivity index (χ3v) is 5.34. The number of nitrogens with one attached hydrogen (secondary N) is 4. The molecule has 0 saturated carbocycles. The van der Waals surface area contributed by atoms with Crippen LogP contribution in [0.15, 0.2) is 35.7 Å². The van der Waals surface area contributed by atoms with E-state index in [1.165, 1.54) is 25.2 Å². The highest BCUT2D eigenvalue weighted by Crippen LogP contribution is 2.25. The predicted octanol–water partition coefficient (Wildman–Crippen LogP) is 2.44. The third-order valence-electron chi connectivity index (χ3n) is 4.38. The number of aromatic nitrogens is 1. The fourth-order valence-corrected chi connectivity index (χ4v) is 3.68. The van der Waals surface area contributed by atoms with Gasteiger partial charge in [-0.05, 0) is 24.8 Å². The lowest BCUT2D eigenvalue weighted by Crippen LogP contribution is -2.50. The van der Waals surface area contributed by atoms with Crippen molar-refractivity contribution < 1.29 is 23.9 Å². The molecule has 2 aromatic rings. The predicted molar refractivity (Wildman–Crippen MR) is 123 cm³/mol. The Hall–Kier alpha value is -3.47. The first-order valence-corrected chi connectivity index (χ1v) is 11.3. The molecule has 0 bridgehead atoms. The van der Waals surface area contributed by atoms with E-state index in [2.05, 4.69) is 26.5 Å². The number of hydrogen-bond acceptors (Lipinski definition) is 7. The van der Waals surface area contributed by atoms with Crippen molar-refractivity contribution in [2.24, 2.45) is 5.92 Å². The summed E-state index contributed by atoms with van der Waals surface area (Å²) in [7, 11) is 0. The molecule has 178 valence electrons. The van der Waals surface area contributed by atoms with E-state index >= 15 is 0 Å². The minimum Gasteiger partial charge on any atom is -0.445 e. The lowest BCUT2D eigenvalue weighted by molar-refractivity contribution is -0.128. The van der Waals surface area contributed by atoms with E-state index in [9.17, 15) is 19.2 Å². The fourth-order valence-electron chi connectivity index (χ4n) is 2.81. The molecule has 0 saturated heterocycles. The molecule has 4 N–H and O–H groups in total. The second-order valence-electron chi connectivity index (χ2n) is 7.82. The van der Waals surface area contributed by atoms with Crippen molar-refractivity contribution >= 4 is 35.2 Å². The number of hydrogen-bond donors (Lipinski definition) is 4. The van der Waals surface area contributed by atoms with Gasteiger partial charge in [-0.2, -0.15) is 0 Å². The molecule has 1 aromatic heterocycles. The van der Waals surface area contributed by atoms with Gasteiger partial charge < -0.3 is 15.4 Å². The molecule has 0 spiro atoms. The van der Waals surface area contributed by atoms with Crippen LogP contribution in [0.5, 0.6) is 0 Å². The van der Waals surface area contributed by atoms with E-state index < -0.39 is 30.0 Å². The van der Waals surface area contributed by atoms with Gasteiger partial charge in [0.15, 0.2) is 0 Å². The van der Waals surface area contributed by atoms with Gasteiger partial charge in [0.2, 0.25) is 5.91 Å². The molecule has 2 atom stereocenters. The van der Waals surface area contributed by atoms with Gasteiger partial charge in [0.25, 0.3) is 11.8 Å². The van der Waals surface area contributed by atoms with E-state index in [0.29, 0.717) is 11.4 Å². The molecule has 33 heavy (non-hydrogen) atoms. The number of amides is 4. The number of carbonyl (C=O) groups excluding carboxylic acids is 4. The quantitative estimate of drug-likeness (QED) is 0.411. The summed E-state index contributed by atoms with van der Waals surface area (Å²) in [5, 5.41) is 7.31. The Morgan fingerprint density at radius 3 is 2.36 bits per heavy atom. The minimum atomic E-state index is -0.810. The van der Waals surface area contributed by atoms with Crippen LogP contribution in [0.1, 0.15) is 61.2 Å².